The summed E-state index contributed by atoms with van der Waals surface area (Å²) in [7, 11) is 0. The van der Waals surface area contributed by atoms with Gasteiger partial charge in [-0.3, -0.25) is 14.3 Å². The van der Waals surface area contributed by atoms with E-state index in [4.69, 9.17) is 4.74 Å². The van der Waals surface area contributed by atoms with Gasteiger partial charge in [0.15, 0.2) is 0 Å². The minimum absolute atomic E-state index is 0.416. The van der Waals surface area contributed by atoms with Gasteiger partial charge in [-0.05, 0) is 36.4 Å². The van der Waals surface area contributed by atoms with Crippen molar-refractivity contribution in [2.45, 2.75) is 0 Å². The molecule has 5 nitrogen and oxygen atoms in total. The van der Waals surface area contributed by atoms with Crippen LogP contribution in [0.1, 0.15) is 0 Å². The van der Waals surface area contributed by atoms with E-state index in [-0.39, 0.29) is 0 Å². The molecule has 1 heterocycles. The van der Waals surface area contributed by atoms with E-state index in [1.54, 1.807) is 24.3 Å². The van der Waals surface area contributed by atoms with Crippen molar-refractivity contribution >= 4 is 0 Å². The zero-order valence-electron chi connectivity index (χ0n) is 11.0. The zero-order chi connectivity index (χ0) is 14.7. The number of aromatic nitrogens is 2. The van der Waals surface area contributed by atoms with Crippen LogP contribution in [0.15, 0.2) is 76.4 Å². The molecule has 0 aliphatic carbocycles. The molecule has 104 valence electrons. The lowest BCUT2D eigenvalue weighted by atomic mass is 10.3. The Balaban J connectivity index is 1.87. The molecule has 0 unspecified atom stereocenters. The number of rotatable bonds is 3. The number of ether oxygens (including phenoxy) is 1. The van der Waals surface area contributed by atoms with Crippen LogP contribution in [-0.2, 0) is 0 Å². The molecule has 3 rings (SSSR count). The van der Waals surface area contributed by atoms with Crippen molar-refractivity contribution in [3.05, 3.63) is 87.7 Å². The summed E-state index contributed by atoms with van der Waals surface area (Å²) in [5, 5.41) is 0. The average molecular weight is 280 g/mol. The van der Waals surface area contributed by atoms with Crippen LogP contribution in [-0.4, -0.2) is 9.55 Å². The monoisotopic (exact) mass is 280 g/mol. The van der Waals surface area contributed by atoms with Gasteiger partial charge in [0.1, 0.15) is 11.5 Å². The first-order chi connectivity index (χ1) is 10.2. The highest BCUT2D eigenvalue weighted by Crippen LogP contribution is 2.21. The number of hydrogen-bond donors (Lipinski definition) is 1. The molecule has 0 aliphatic rings. The van der Waals surface area contributed by atoms with Crippen molar-refractivity contribution in [3.63, 3.8) is 0 Å². The number of nitrogens with zero attached hydrogens (tertiary/aromatic N) is 1. The lowest BCUT2D eigenvalue weighted by Gasteiger charge is -2.07. The van der Waals surface area contributed by atoms with Crippen LogP contribution in [0, 0.1) is 0 Å². The number of aromatic amines is 1. The topological polar surface area (TPSA) is 64.1 Å². The summed E-state index contributed by atoms with van der Waals surface area (Å²) in [5.74, 6) is 1.41. The molecule has 1 N–H and O–H groups in total. The van der Waals surface area contributed by atoms with Crippen molar-refractivity contribution < 1.29 is 4.74 Å². The van der Waals surface area contributed by atoms with Crippen LogP contribution in [0.3, 0.4) is 0 Å². The second kappa shape index (κ2) is 5.50. The van der Waals surface area contributed by atoms with Crippen molar-refractivity contribution in [3.8, 4) is 17.2 Å². The molecule has 0 saturated carbocycles. The highest BCUT2D eigenvalue weighted by atomic mass is 16.5. The standard InChI is InChI=1S/C16H12N2O3/c19-15-10-11-18(16(20)17-15)12-6-8-14(9-7-12)21-13-4-2-1-3-5-13/h1-11H,(H,17,19,20). The van der Waals surface area contributed by atoms with Crippen LogP contribution in [0.4, 0.5) is 0 Å². The molecule has 1 aromatic heterocycles. The first-order valence-corrected chi connectivity index (χ1v) is 6.38. The van der Waals surface area contributed by atoms with Crippen molar-refractivity contribution in [2.75, 3.05) is 0 Å². The molecule has 0 fully saturated rings. The van der Waals surface area contributed by atoms with E-state index >= 15 is 0 Å². The Labute approximate surface area is 120 Å². The van der Waals surface area contributed by atoms with Gasteiger partial charge in [-0.2, -0.15) is 0 Å². The molecule has 0 spiro atoms. The van der Waals surface area contributed by atoms with Crippen LogP contribution in [0.2, 0.25) is 0 Å². The molecule has 0 atom stereocenters. The van der Waals surface area contributed by atoms with Crippen LogP contribution < -0.4 is 16.0 Å². The summed E-state index contributed by atoms with van der Waals surface area (Å²) in [5.41, 5.74) is -0.240. The fourth-order valence-corrected chi connectivity index (χ4v) is 1.92. The Hall–Kier alpha value is -3.08. The van der Waals surface area contributed by atoms with Gasteiger partial charge in [-0.1, -0.05) is 18.2 Å². The molecule has 21 heavy (non-hydrogen) atoms. The maximum atomic E-state index is 11.7. The number of H-pyrrole nitrogens is 1. The largest absolute Gasteiger partial charge is 0.457 e. The smallest absolute Gasteiger partial charge is 0.332 e. The van der Waals surface area contributed by atoms with E-state index in [0.29, 0.717) is 11.4 Å². The quantitative estimate of drug-likeness (QED) is 0.800. The minimum Gasteiger partial charge on any atom is -0.457 e. The summed E-state index contributed by atoms with van der Waals surface area (Å²) in [6.07, 6.45) is 1.44. The van der Waals surface area contributed by atoms with Gasteiger partial charge in [0.25, 0.3) is 5.56 Å². The van der Waals surface area contributed by atoms with Crippen LogP contribution in [0.25, 0.3) is 5.69 Å². The Morgan fingerprint density at radius 1 is 0.810 bits per heavy atom. The summed E-state index contributed by atoms with van der Waals surface area (Å²) >= 11 is 0. The van der Waals surface area contributed by atoms with Crippen LogP contribution in [0.5, 0.6) is 11.5 Å². The Kier molecular flexibility index (Phi) is 3.39. The fraction of sp³-hybridized carbons (Fsp3) is 0. The van der Waals surface area contributed by atoms with Crippen molar-refractivity contribution in [1.82, 2.24) is 9.55 Å². The highest BCUT2D eigenvalue weighted by molar-refractivity contribution is 5.39. The normalized spacial score (nSPS) is 10.3. The summed E-state index contributed by atoms with van der Waals surface area (Å²) in [4.78, 5) is 24.9. The lowest BCUT2D eigenvalue weighted by molar-refractivity contribution is 0.482. The first kappa shape index (κ1) is 12.9. The highest BCUT2D eigenvalue weighted by Gasteiger charge is 2.01. The molecular weight excluding hydrogens is 268 g/mol. The fourth-order valence-electron chi connectivity index (χ4n) is 1.92. The average Bonchev–Trinajstić information content (AvgIpc) is 2.49. The predicted molar refractivity (Wildman–Crippen MR) is 79.2 cm³/mol. The van der Waals surface area contributed by atoms with E-state index < -0.39 is 11.2 Å². The first-order valence-electron chi connectivity index (χ1n) is 6.38. The Morgan fingerprint density at radius 2 is 1.48 bits per heavy atom. The Bertz CT molecular complexity index is 849. The molecule has 0 saturated heterocycles. The third kappa shape index (κ3) is 2.92. The summed E-state index contributed by atoms with van der Waals surface area (Å²) < 4.78 is 7.03. The maximum absolute atomic E-state index is 11.7. The predicted octanol–water partition coefficient (Wildman–Crippen LogP) is 2.32. The minimum atomic E-state index is -0.473. The zero-order valence-corrected chi connectivity index (χ0v) is 11.0. The summed E-state index contributed by atoms with van der Waals surface area (Å²) in [6.45, 7) is 0. The SMILES string of the molecule is O=c1ccn(-c2ccc(Oc3ccccc3)cc2)c(=O)[nH]1. The lowest BCUT2D eigenvalue weighted by Crippen LogP contribution is -2.27. The van der Waals surface area contributed by atoms with Crippen molar-refractivity contribution in [1.29, 1.82) is 0 Å². The molecule has 0 aliphatic heterocycles. The molecular formula is C16H12N2O3. The van der Waals surface area contributed by atoms with E-state index in [0.717, 1.165) is 5.75 Å². The molecule has 0 bridgehead atoms. The van der Waals surface area contributed by atoms with Gasteiger partial charge in [-0.25, -0.2) is 4.79 Å². The third-order valence-electron chi connectivity index (χ3n) is 2.92. The van der Waals surface area contributed by atoms with Gasteiger partial charge in [0.2, 0.25) is 0 Å². The number of hydrogen-bond acceptors (Lipinski definition) is 3. The van der Waals surface area contributed by atoms with E-state index in [2.05, 4.69) is 4.98 Å². The van der Waals surface area contributed by atoms with Gasteiger partial charge in [0, 0.05) is 12.3 Å². The van der Waals surface area contributed by atoms with Gasteiger partial charge in [-0.15, -0.1) is 0 Å². The molecule has 0 radical (unpaired) electrons. The third-order valence-corrected chi connectivity index (χ3v) is 2.92. The molecule has 2 aromatic carbocycles. The number of nitrogens with one attached hydrogen (secondary N) is 1. The van der Waals surface area contributed by atoms with Gasteiger partial charge < -0.3 is 4.74 Å². The van der Waals surface area contributed by atoms with E-state index in [1.165, 1.54) is 16.8 Å². The van der Waals surface area contributed by atoms with Crippen LogP contribution >= 0.6 is 0 Å². The molecule has 5 heteroatoms. The second-order valence-electron chi connectivity index (χ2n) is 4.39. The van der Waals surface area contributed by atoms with Crippen molar-refractivity contribution in [2.24, 2.45) is 0 Å². The molecule has 0 amide bonds. The second-order valence-corrected chi connectivity index (χ2v) is 4.39. The Morgan fingerprint density at radius 3 is 2.14 bits per heavy atom. The van der Waals surface area contributed by atoms with Gasteiger partial charge >= 0.3 is 5.69 Å². The van der Waals surface area contributed by atoms with E-state index in [1.807, 2.05) is 30.3 Å². The molecule has 3 aromatic rings. The summed E-state index contributed by atoms with van der Waals surface area (Å²) in [6, 6.07) is 17.7. The number of benzene rings is 2. The van der Waals surface area contributed by atoms with E-state index in [9.17, 15) is 9.59 Å². The number of para-hydroxylation sites is 1. The maximum Gasteiger partial charge on any atom is 0.332 e. The van der Waals surface area contributed by atoms with Gasteiger partial charge in [0.05, 0.1) is 5.69 Å².